The van der Waals surface area contributed by atoms with Gasteiger partial charge in [-0.15, -0.1) is 0 Å². The third-order valence-electron chi connectivity index (χ3n) is 13.6. The lowest BCUT2D eigenvalue weighted by atomic mass is 10.0. The van der Waals surface area contributed by atoms with Gasteiger partial charge in [0.05, 0.1) is 0 Å². The van der Waals surface area contributed by atoms with Crippen molar-refractivity contribution < 1.29 is 28.6 Å². The monoisotopic (exact) mass is 919 g/mol. The Labute approximate surface area is 406 Å². The summed E-state index contributed by atoms with van der Waals surface area (Å²) in [5, 5.41) is 0. The van der Waals surface area contributed by atoms with E-state index in [1.54, 1.807) is 0 Å². The molecule has 1 atom stereocenters. The SMILES string of the molecule is CCCCCCCCCCCCCCCCCCCCCCCC(=O)OC[C@H](COC(=O)CCCCCCCCCCCCCCC)OC(=O)CCCCCCCCCCCCCCC. The molecule has 0 unspecified atom stereocenters. The molecule has 6 heteroatoms. The summed E-state index contributed by atoms with van der Waals surface area (Å²) in [5.74, 6) is -0.832. The molecule has 6 nitrogen and oxygen atoms in total. The van der Waals surface area contributed by atoms with Crippen LogP contribution in [-0.2, 0) is 28.6 Å². The minimum atomic E-state index is -0.760. The first kappa shape index (κ1) is 63.4. The molecule has 65 heavy (non-hydrogen) atoms. The van der Waals surface area contributed by atoms with Crippen LogP contribution < -0.4 is 0 Å². The Morgan fingerprint density at radius 3 is 0.615 bits per heavy atom. The fourth-order valence-corrected chi connectivity index (χ4v) is 9.15. The largest absolute Gasteiger partial charge is 0.462 e. The highest BCUT2D eigenvalue weighted by Crippen LogP contribution is 2.18. The predicted octanol–water partition coefficient (Wildman–Crippen LogP) is 19.5. The molecule has 0 rings (SSSR count). The van der Waals surface area contributed by atoms with Crippen LogP contribution in [0, 0.1) is 0 Å². The van der Waals surface area contributed by atoms with E-state index in [4.69, 9.17) is 14.2 Å². The van der Waals surface area contributed by atoms with Crippen molar-refractivity contribution in [2.75, 3.05) is 13.2 Å². The van der Waals surface area contributed by atoms with Gasteiger partial charge in [-0.1, -0.05) is 303 Å². The number of ether oxygens (including phenoxy) is 3. The molecular formula is C59H114O6. The van der Waals surface area contributed by atoms with Gasteiger partial charge in [-0.05, 0) is 19.3 Å². The lowest BCUT2D eigenvalue weighted by Gasteiger charge is -2.18. The van der Waals surface area contributed by atoms with Crippen LogP contribution in [-0.4, -0.2) is 37.2 Å². The molecule has 0 spiro atoms. The molecule has 0 aromatic heterocycles. The number of unbranched alkanes of at least 4 members (excludes halogenated alkanes) is 44. The van der Waals surface area contributed by atoms with Gasteiger partial charge in [0, 0.05) is 19.3 Å². The minimum Gasteiger partial charge on any atom is -0.462 e. The number of hydrogen-bond donors (Lipinski definition) is 0. The smallest absolute Gasteiger partial charge is 0.306 e. The molecule has 0 heterocycles. The van der Waals surface area contributed by atoms with Crippen LogP contribution in [0.25, 0.3) is 0 Å². The van der Waals surface area contributed by atoms with Crippen molar-refractivity contribution in [2.45, 2.75) is 348 Å². The van der Waals surface area contributed by atoms with Crippen molar-refractivity contribution in [3.63, 3.8) is 0 Å². The third kappa shape index (κ3) is 53.2. The van der Waals surface area contributed by atoms with E-state index in [9.17, 15) is 14.4 Å². The van der Waals surface area contributed by atoms with E-state index < -0.39 is 6.10 Å². The number of rotatable bonds is 55. The van der Waals surface area contributed by atoms with Crippen molar-refractivity contribution >= 4 is 17.9 Å². The zero-order valence-corrected chi connectivity index (χ0v) is 44.3. The average Bonchev–Trinajstić information content (AvgIpc) is 3.30. The second-order valence-corrected chi connectivity index (χ2v) is 20.3. The van der Waals surface area contributed by atoms with E-state index in [2.05, 4.69) is 20.8 Å². The first-order valence-electron chi connectivity index (χ1n) is 29.5. The van der Waals surface area contributed by atoms with Crippen LogP contribution in [0.5, 0.6) is 0 Å². The summed E-state index contributed by atoms with van der Waals surface area (Å²) in [6, 6.07) is 0. The average molecular weight is 920 g/mol. The van der Waals surface area contributed by atoms with Gasteiger partial charge in [0.15, 0.2) is 6.10 Å². The van der Waals surface area contributed by atoms with Gasteiger partial charge in [-0.3, -0.25) is 14.4 Å². The lowest BCUT2D eigenvalue weighted by Crippen LogP contribution is -2.30. The van der Waals surface area contributed by atoms with Gasteiger partial charge in [-0.25, -0.2) is 0 Å². The Morgan fingerprint density at radius 1 is 0.246 bits per heavy atom. The number of hydrogen-bond acceptors (Lipinski definition) is 6. The van der Waals surface area contributed by atoms with Gasteiger partial charge >= 0.3 is 17.9 Å². The van der Waals surface area contributed by atoms with Gasteiger partial charge < -0.3 is 14.2 Å². The highest BCUT2D eigenvalue weighted by Gasteiger charge is 2.19. The zero-order chi connectivity index (χ0) is 47.2. The molecule has 0 saturated carbocycles. The summed E-state index contributed by atoms with van der Waals surface area (Å²) in [5.41, 5.74) is 0. The minimum absolute atomic E-state index is 0.0611. The van der Waals surface area contributed by atoms with E-state index in [0.29, 0.717) is 19.3 Å². The van der Waals surface area contributed by atoms with Crippen molar-refractivity contribution in [3.05, 3.63) is 0 Å². The van der Waals surface area contributed by atoms with E-state index in [0.717, 1.165) is 57.8 Å². The molecule has 0 aromatic carbocycles. The van der Waals surface area contributed by atoms with Crippen LogP contribution in [0.4, 0.5) is 0 Å². The van der Waals surface area contributed by atoms with Crippen LogP contribution in [0.3, 0.4) is 0 Å². The maximum Gasteiger partial charge on any atom is 0.306 e. The maximum absolute atomic E-state index is 12.8. The highest BCUT2D eigenvalue weighted by molar-refractivity contribution is 5.71. The fourth-order valence-electron chi connectivity index (χ4n) is 9.15. The number of carbonyl (C=O) groups is 3. The first-order chi connectivity index (χ1) is 32.0. The Balaban J connectivity index is 4.22. The number of esters is 3. The normalized spacial score (nSPS) is 11.9. The third-order valence-corrected chi connectivity index (χ3v) is 13.6. The fraction of sp³-hybridized carbons (Fsp3) is 0.949. The summed E-state index contributed by atoms with van der Waals surface area (Å²) >= 11 is 0. The van der Waals surface area contributed by atoms with Crippen LogP contribution in [0.1, 0.15) is 342 Å². The molecule has 0 aromatic rings. The molecular weight excluding hydrogens is 805 g/mol. The molecule has 0 aliphatic heterocycles. The van der Waals surface area contributed by atoms with E-state index in [1.165, 1.54) is 244 Å². The van der Waals surface area contributed by atoms with Crippen LogP contribution >= 0.6 is 0 Å². The highest BCUT2D eigenvalue weighted by atomic mass is 16.6. The molecule has 0 saturated heterocycles. The Morgan fingerprint density at radius 2 is 0.415 bits per heavy atom. The zero-order valence-electron chi connectivity index (χ0n) is 44.3. The van der Waals surface area contributed by atoms with Crippen molar-refractivity contribution in [3.8, 4) is 0 Å². The van der Waals surface area contributed by atoms with Gasteiger partial charge in [0.25, 0.3) is 0 Å². The predicted molar refractivity (Wildman–Crippen MR) is 280 cm³/mol. The van der Waals surface area contributed by atoms with Gasteiger partial charge in [-0.2, -0.15) is 0 Å². The Bertz CT molecular complexity index is 967. The summed E-state index contributed by atoms with van der Waals surface area (Å²) in [6.07, 6.45) is 61.0. The molecule has 0 aliphatic rings. The molecule has 0 radical (unpaired) electrons. The molecule has 0 aliphatic carbocycles. The Hall–Kier alpha value is -1.59. The van der Waals surface area contributed by atoms with Crippen LogP contribution in [0.15, 0.2) is 0 Å². The van der Waals surface area contributed by atoms with Crippen molar-refractivity contribution in [1.82, 2.24) is 0 Å². The molecule has 0 bridgehead atoms. The lowest BCUT2D eigenvalue weighted by molar-refractivity contribution is -0.167. The van der Waals surface area contributed by atoms with Gasteiger partial charge in [0.1, 0.15) is 13.2 Å². The summed E-state index contributed by atoms with van der Waals surface area (Å²) < 4.78 is 16.9. The topological polar surface area (TPSA) is 78.9 Å². The van der Waals surface area contributed by atoms with E-state index in [-0.39, 0.29) is 31.1 Å². The maximum atomic E-state index is 12.8. The summed E-state index contributed by atoms with van der Waals surface area (Å²) in [7, 11) is 0. The number of carbonyl (C=O) groups excluding carboxylic acids is 3. The first-order valence-corrected chi connectivity index (χ1v) is 29.5. The second kappa shape index (κ2) is 55.0. The molecule has 386 valence electrons. The van der Waals surface area contributed by atoms with E-state index >= 15 is 0 Å². The van der Waals surface area contributed by atoms with Gasteiger partial charge in [0.2, 0.25) is 0 Å². The van der Waals surface area contributed by atoms with Crippen molar-refractivity contribution in [1.29, 1.82) is 0 Å². The molecule has 0 amide bonds. The van der Waals surface area contributed by atoms with Crippen molar-refractivity contribution in [2.24, 2.45) is 0 Å². The summed E-state index contributed by atoms with van der Waals surface area (Å²) in [4.78, 5) is 38.1. The quantitative estimate of drug-likeness (QED) is 0.0344. The molecule has 0 fully saturated rings. The molecule has 0 N–H and O–H groups in total. The second-order valence-electron chi connectivity index (χ2n) is 20.3. The van der Waals surface area contributed by atoms with E-state index in [1.807, 2.05) is 0 Å². The Kier molecular flexibility index (Phi) is 53.7. The summed E-state index contributed by atoms with van der Waals surface area (Å²) in [6.45, 7) is 6.70. The standard InChI is InChI=1S/C59H114O6/c1-4-7-10-13-16-19-22-25-26-27-28-29-30-31-32-35-37-40-43-46-49-52-58(61)64-55-56(65-59(62)53-50-47-44-41-38-34-24-21-18-15-12-9-6-3)54-63-57(60)51-48-45-42-39-36-33-23-20-17-14-11-8-5-2/h56H,4-55H2,1-3H3/t56-/m0/s1. The van der Waals surface area contributed by atoms with Crippen LogP contribution in [0.2, 0.25) is 0 Å².